The molecule has 1 unspecified atom stereocenters. The fourth-order valence-corrected chi connectivity index (χ4v) is 2.17. The summed E-state index contributed by atoms with van der Waals surface area (Å²) in [4.78, 5) is 8.29. The van der Waals surface area contributed by atoms with Gasteiger partial charge in [0.1, 0.15) is 5.82 Å². The Morgan fingerprint density at radius 3 is 2.59 bits per heavy atom. The Morgan fingerprint density at radius 1 is 1.41 bits per heavy atom. The number of hydrogen-bond acceptors (Lipinski definition) is 5. The van der Waals surface area contributed by atoms with E-state index in [1.54, 1.807) is 6.20 Å². The molecule has 0 fully saturated rings. The molecule has 6 heteroatoms. The SMILES string of the molecule is CCC(CC)C(C)Nc1nc(NN)ncc1Br. The van der Waals surface area contributed by atoms with Crippen LogP contribution in [-0.4, -0.2) is 16.0 Å². The highest BCUT2D eigenvalue weighted by Gasteiger charge is 2.15. The van der Waals surface area contributed by atoms with Gasteiger partial charge in [-0.25, -0.2) is 10.8 Å². The van der Waals surface area contributed by atoms with E-state index in [4.69, 9.17) is 5.84 Å². The van der Waals surface area contributed by atoms with Crippen molar-refractivity contribution >= 4 is 27.7 Å². The van der Waals surface area contributed by atoms with Crippen LogP contribution in [0.5, 0.6) is 0 Å². The fourth-order valence-electron chi connectivity index (χ4n) is 1.87. The van der Waals surface area contributed by atoms with Gasteiger partial charge in [0.2, 0.25) is 5.95 Å². The van der Waals surface area contributed by atoms with Crippen LogP contribution >= 0.6 is 15.9 Å². The highest BCUT2D eigenvalue weighted by molar-refractivity contribution is 9.10. The predicted molar refractivity (Wildman–Crippen MR) is 74.7 cm³/mol. The van der Waals surface area contributed by atoms with E-state index in [-0.39, 0.29) is 0 Å². The molecule has 1 rings (SSSR count). The van der Waals surface area contributed by atoms with Gasteiger partial charge in [0.05, 0.1) is 4.47 Å². The normalized spacial score (nSPS) is 12.6. The molecule has 0 aliphatic carbocycles. The van der Waals surface area contributed by atoms with Gasteiger partial charge in [0.25, 0.3) is 0 Å². The minimum atomic E-state index is 0.363. The van der Waals surface area contributed by atoms with Crippen molar-refractivity contribution in [3.05, 3.63) is 10.7 Å². The Labute approximate surface area is 111 Å². The number of hydrazine groups is 1. The number of nitrogens with one attached hydrogen (secondary N) is 2. The van der Waals surface area contributed by atoms with E-state index in [1.165, 1.54) is 0 Å². The molecule has 0 radical (unpaired) electrons. The molecule has 96 valence electrons. The molecule has 1 aromatic rings. The Kier molecular flexibility index (Phi) is 5.64. The standard InChI is InChI=1S/C11H20BrN5/c1-4-8(5-2)7(3)15-10-9(12)6-14-11(16-10)17-13/h6-8H,4-5,13H2,1-3H3,(H2,14,15,16,17). The number of rotatable bonds is 6. The van der Waals surface area contributed by atoms with Crippen LogP contribution in [0.2, 0.25) is 0 Å². The first-order chi connectivity index (χ1) is 8.12. The molecular formula is C11H20BrN5. The highest BCUT2D eigenvalue weighted by atomic mass is 79.9. The summed E-state index contributed by atoms with van der Waals surface area (Å²) in [7, 11) is 0. The van der Waals surface area contributed by atoms with Crippen LogP contribution in [0, 0.1) is 5.92 Å². The van der Waals surface area contributed by atoms with E-state index in [0.29, 0.717) is 17.9 Å². The molecule has 0 amide bonds. The number of nitrogen functional groups attached to an aromatic ring is 1. The molecule has 0 aliphatic heterocycles. The van der Waals surface area contributed by atoms with Crippen LogP contribution in [0.25, 0.3) is 0 Å². The van der Waals surface area contributed by atoms with Gasteiger partial charge in [0.15, 0.2) is 0 Å². The summed E-state index contributed by atoms with van der Waals surface area (Å²) < 4.78 is 0.842. The molecule has 4 N–H and O–H groups in total. The Hall–Kier alpha value is -0.880. The Bertz CT molecular complexity index is 354. The summed E-state index contributed by atoms with van der Waals surface area (Å²) in [6.45, 7) is 6.57. The minimum Gasteiger partial charge on any atom is -0.366 e. The molecule has 5 nitrogen and oxygen atoms in total. The number of hydrogen-bond donors (Lipinski definition) is 3. The van der Waals surface area contributed by atoms with Gasteiger partial charge in [-0.15, -0.1) is 0 Å². The molecule has 0 spiro atoms. The van der Waals surface area contributed by atoms with E-state index in [9.17, 15) is 0 Å². The van der Waals surface area contributed by atoms with Crippen LogP contribution < -0.4 is 16.6 Å². The number of anilines is 2. The minimum absolute atomic E-state index is 0.363. The maximum absolute atomic E-state index is 5.29. The number of nitrogens with two attached hydrogens (primary N) is 1. The second-order valence-electron chi connectivity index (χ2n) is 4.04. The summed E-state index contributed by atoms with van der Waals surface area (Å²) in [5.41, 5.74) is 2.44. The van der Waals surface area contributed by atoms with Crippen LogP contribution in [0.1, 0.15) is 33.6 Å². The first kappa shape index (κ1) is 14.2. The lowest BCUT2D eigenvalue weighted by molar-refractivity contribution is 0.437. The van der Waals surface area contributed by atoms with E-state index < -0.39 is 0 Å². The largest absolute Gasteiger partial charge is 0.366 e. The first-order valence-corrected chi connectivity index (χ1v) is 6.67. The second kappa shape index (κ2) is 6.76. The Morgan fingerprint density at radius 2 is 2.06 bits per heavy atom. The van der Waals surface area contributed by atoms with E-state index in [1.807, 2.05) is 0 Å². The monoisotopic (exact) mass is 301 g/mol. The summed E-state index contributed by atoms with van der Waals surface area (Å²) >= 11 is 3.42. The third-order valence-electron chi connectivity index (χ3n) is 2.99. The smallest absolute Gasteiger partial charge is 0.239 e. The summed E-state index contributed by atoms with van der Waals surface area (Å²) in [6.07, 6.45) is 3.98. The first-order valence-electron chi connectivity index (χ1n) is 5.88. The number of halogens is 1. The average Bonchev–Trinajstić information content (AvgIpc) is 2.33. The van der Waals surface area contributed by atoms with Gasteiger partial charge in [0, 0.05) is 12.2 Å². The average molecular weight is 302 g/mol. The second-order valence-corrected chi connectivity index (χ2v) is 4.90. The zero-order valence-corrected chi connectivity index (χ0v) is 12.1. The molecule has 1 aromatic heterocycles. The summed E-state index contributed by atoms with van der Waals surface area (Å²) in [6, 6.07) is 0.363. The van der Waals surface area contributed by atoms with Crippen molar-refractivity contribution in [2.45, 2.75) is 39.7 Å². The topological polar surface area (TPSA) is 75.9 Å². The lowest BCUT2D eigenvalue weighted by atomic mass is 9.95. The fraction of sp³-hybridized carbons (Fsp3) is 0.636. The van der Waals surface area contributed by atoms with Crippen molar-refractivity contribution < 1.29 is 0 Å². The van der Waals surface area contributed by atoms with Crippen molar-refractivity contribution in [3.63, 3.8) is 0 Å². The van der Waals surface area contributed by atoms with Crippen molar-refractivity contribution in [2.24, 2.45) is 11.8 Å². The van der Waals surface area contributed by atoms with Gasteiger partial charge < -0.3 is 5.32 Å². The summed E-state index contributed by atoms with van der Waals surface area (Å²) in [5.74, 6) is 7.10. The van der Waals surface area contributed by atoms with Crippen molar-refractivity contribution in [2.75, 3.05) is 10.7 Å². The Balaban J connectivity index is 2.79. The van der Waals surface area contributed by atoms with Gasteiger partial charge in [-0.2, -0.15) is 4.98 Å². The van der Waals surface area contributed by atoms with Crippen LogP contribution in [0.15, 0.2) is 10.7 Å². The molecular weight excluding hydrogens is 282 g/mol. The molecule has 0 saturated carbocycles. The maximum atomic E-state index is 5.29. The van der Waals surface area contributed by atoms with E-state index in [0.717, 1.165) is 23.1 Å². The quantitative estimate of drug-likeness (QED) is 0.556. The van der Waals surface area contributed by atoms with Crippen molar-refractivity contribution in [3.8, 4) is 0 Å². The van der Waals surface area contributed by atoms with Crippen molar-refractivity contribution in [1.29, 1.82) is 0 Å². The predicted octanol–water partition coefficient (Wildman–Crippen LogP) is 2.76. The number of nitrogens with zero attached hydrogens (tertiary/aromatic N) is 2. The van der Waals surface area contributed by atoms with Crippen molar-refractivity contribution in [1.82, 2.24) is 9.97 Å². The van der Waals surface area contributed by atoms with E-state index >= 15 is 0 Å². The summed E-state index contributed by atoms with van der Waals surface area (Å²) in [5, 5.41) is 3.39. The highest BCUT2D eigenvalue weighted by Crippen LogP contribution is 2.23. The van der Waals surface area contributed by atoms with Gasteiger partial charge in [-0.1, -0.05) is 26.7 Å². The molecule has 1 heterocycles. The molecule has 0 aromatic carbocycles. The molecule has 1 atom stereocenters. The zero-order chi connectivity index (χ0) is 12.8. The molecule has 0 bridgehead atoms. The third kappa shape index (κ3) is 3.81. The number of aromatic nitrogens is 2. The van der Waals surface area contributed by atoms with Crippen LogP contribution in [0.4, 0.5) is 11.8 Å². The molecule has 17 heavy (non-hydrogen) atoms. The maximum Gasteiger partial charge on any atom is 0.239 e. The lowest BCUT2D eigenvalue weighted by Gasteiger charge is -2.23. The van der Waals surface area contributed by atoms with E-state index in [2.05, 4.69) is 57.4 Å². The van der Waals surface area contributed by atoms with Gasteiger partial charge in [-0.3, -0.25) is 5.43 Å². The van der Waals surface area contributed by atoms with Gasteiger partial charge >= 0.3 is 0 Å². The zero-order valence-electron chi connectivity index (χ0n) is 10.5. The van der Waals surface area contributed by atoms with Crippen LogP contribution in [-0.2, 0) is 0 Å². The van der Waals surface area contributed by atoms with Gasteiger partial charge in [-0.05, 0) is 28.8 Å². The third-order valence-corrected chi connectivity index (χ3v) is 3.57. The molecule has 0 aliphatic rings. The lowest BCUT2D eigenvalue weighted by Crippen LogP contribution is -2.26. The van der Waals surface area contributed by atoms with Crippen LogP contribution in [0.3, 0.4) is 0 Å². The molecule has 0 saturated heterocycles.